The van der Waals surface area contributed by atoms with Crippen LogP contribution in [0.4, 0.5) is 0 Å². The quantitative estimate of drug-likeness (QED) is 0.103. The molecule has 542 valence electrons. The maximum absolute atomic E-state index is 11.3. The van der Waals surface area contributed by atoms with E-state index in [1.54, 1.807) is 0 Å². The van der Waals surface area contributed by atoms with Crippen LogP contribution in [-0.2, 0) is 71.1 Å². The number of rotatable bonds is 10. The highest BCUT2D eigenvalue weighted by molar-refractivity contribution is 5.88. The van der Waals surface area contributed by atoms with Crippen LogP contribution in [-0.4, -0.2) is 429 Å². The highest BCUT2D eigenvalue weighted by Gasteiger charge is 2.60. The Hall–Kier alpha value is -2.95. The number of hydrogen-bond donors (Lipinski definition) is 25. The highest BCUT2D eigenvalue weighted by Crippen LogP contribution is 2.39. The van der Waals surface area contributed by atoms with Crippen LogP contribution in [0, 0.1) is 0 Å². The van der Waals surface area contributed by atoms with E-state index in [9.17, 15) is 122 Å². The predicted octanol–water partition coefficient (Wildman–Crippen LogP) is -18.2. The van der Waals surface area contributed by atoms with Gasteiger partial charge in [0, 0.05) is 0 Å². The second-order valence-electron chi connectivity index (χ2n) is 23.3. The van der Waals surface area contributed by atoms with Crippen LogP contribution in [0.1, 0.15) is 16.8 Å². The Bertz CT molecular complexity index is 2160. The van der Waals surface area contributed by atoms with E-state index in [-0.39, 0.29) is 5.82 Å². The monoisotopic (exact) mass is 1380 g/mol. The minimum absolute atomic E-state index is 0.220. The zero-order valence-electron chi connectivity index (χ0n) is 48.9. The second-order valence-corrected chi connectivity index (χ2v) is 23.3. The average Bonchev–Trinajstić information content (AvgIpc) is 1.08. The first-order valence-electron chi connectivity index (χ1n) is 29.5. The molecule has 22 aliphatic heterocycles. The maximum atomic E-state index is 11.3. The first kappa shape index (κ1) is 75.3. The Labute approximate surface area is 528 Å². The average molecular weight is 1380 g/mol. The minimum Gasteiger partial charge on any atom is -0.394 e. The van der Waals surface area contributed by atoms with Crippen molar-refractivity contribution in [3.05, 3.63) is 12.2 Å². The normalized spacial score (nSPS) is 51.3. The number of nitrogens with zero attached hydrogens (tertiary/aromatic N) is 3. The Kier molecular flexibility index (Phi) is 25.7. The van der Waals surface area contributed by atoms with Gasteiger partial charge < -0.3 is 199 Å². The number of amides is 1. The van der Waals surface area contributed by atoms with Crippen molar-refractivity contribution in [2.45, 2.75) is 239 Å². The molecule has 39 atom stereocenters. The van der Waals surface area contributed by atoms with Crippen LogP contribution in [0.2, 0.25) is 0 Å². The molecule has 44 heteroatoms. The molecular weight excluding hydrogens is 1300 g/mol. The van der Waals surface area contributed by atoms with Gasteiger partial charge in [-0.15, -0.1) is 5.10 Å². The molecule has 26 N–H and O–H groups in total. The molecule has 22 fully saturated rings. The Morgan fingerprint density at radius 2 is 0.500 bits per heavy atom. The van der Waals surface area contributed by atoms with Gasteiger partial charge >= 0.3 is 0 Å². The Morgan fingerprint density at radius 1 is 0.298 bits per heavy atom. The van der Waals surface area contributed by atoms with Crippen molar-refractivity contribution >= 4 is 5.91 Å². The number of carbonyl (C=O) groups is 1. The fraction of sp³-hybridized carbons (Fsp3) is 0.940. The lowest BCUT2D eigenvalue weighted by Crippen LogP contribution is -2.68. The molecule has 23 heterocycles. The molecular formula is C50H82N4O40. The number of aliphatic hydroxyl groups excluding tert-OH is 24. The van der Waals surface area contributed by atoms with Crippen molar-refractivity contribution in [1.82, 2.24) is 14.8 Å². The third-order valence-corrected chi connectivity index (χ3v) is 17.3. The van der Waals surface area contributed by atoms with Gasteiger partial charge in [-0.25, -0.2) is 9.67 Å². The molecule has 0 aromatic carbocycles. The second kappa shape index (κ2) is 32.1. The van der Waals surface area contributed by atoms with Gasteiger partial charge in [0.25, 0.3) is 5.91 Å². The molecule has 1 aromatic heterocycles. The summed E-state index contributed by atoms with van der Waals surface area (Å²) < 4.78 is 85.7. The molecule has 1 aromatic rings. The van der Waals surface area contributed by atoms with E-state index < -0.39 is 298 Å². The molecule has 1 amide bonds. The van der Waals surface area contributed by atoms with Gasteiger partial charge in [-0.1, -0.05) is 0 Å². The highest BCUT2D eigenvalue weighted by atomic mass is 16.8. The molecule has 0 aliphatic carbocycles. The third kappa shape index (κ3) is 15.1. The number of aliphatic hydroxyl groups is 24. The number of ether oxygens (including phenoxy) is 15. The van der Waals surface area contributed by atoms with Gasteiger partial charge in [0.05, 0.1) is 52.9 Å². The summed E-state index contributed by atoms with van der Waals surface area (Å²) in [5.41, 5.74) is 4.97. The number of aromatic nitrogens is 3. The molecule has 0 unspecified atom stereocenters. The van der Waals surface area contributed by atoms with Gasteiger partial charge in [-0.3, -0.25) is 4.79 Å². The summed E-state index contributed by atoms with van der Waals surface area (Å²) in [6.07, 6.45) is -73.5. The van der Waals surface area contributed by atoms with E-state index in [2.05, 4.69) is 10.1 Å². The fourth-order valence-corrected chi connectivity index (χ4v) is 12.0. The van der Waals surface area contributed by atoms with Gasteiger partial charge in [0.1, 0.15) is 196 Å². The summed E-state index contributed by atoms with van der Waals surface area (Å²) in [7, 11) is 0. The number of hydrogen-bond acceptors (Lipinski definition) is 42. The summed E-state index contributed by atoms with van der Waals surface area (Å²) in [5.74, 6) is -1.03. The van der Waals surface area contributed by atoms with Crippen LogP contribution in [0.5, 0.6) is 0 Å². The SMILES string of the molecule is NC(=O)c1ncn([C@@H]2O[C@H](CO)[C@@H](O)[C@H]2O)n1.OC[C@H]1O[C@@H]2O[C@H]3[C@H](O)[C@@H](O)[C@@H](O[C@H]4[C@H](O)[C@@H](O)[C@@H](O[C@H]5[C@H](O)[C@@H](O)[C@@H](O[C@H]6[C@H](O)[C@@H](O)[C@@H](O[C@H]7[C@@H](O)[C@H](O)[C@@H](O[C@H]8[C@@H](O)[C@H](O)[C@@H](O[C@H]1[C@H](O)[C@H]2O)O[C@@H]8CO)O[C@@H]7CO)O[C@@H]6CO)O[C@@H]5CO)O[C@@H]4CO)O[C@@H]3CO. The van der Waals surface area contributed by atoms with Gasteiger partial charge in [-0.2, -0.15) is 0 Å². The fourth-order valence-electron chi connectivity index (χ4n) is 12.0. The zero-order valence-corrected chi connectivity index (χ0v) is 48.9. The molecule has 14 bridgehead atoms. The molecule has 0 spiro atoms. The van der Waals surface area contributed by atoms with Gasteiger partial charge in [0.2, 0.25) is 5.82 Å². The maximum Gasteiger partial charge on any atom is 0.288 e. The van der Waals surface area contributed by atoms with Crippen molar-refractivity contribution in [3.63, 3.8) is 0 Å². The van der Waals surface area contributed by atoms with Crippen molar-refractivity contribution in [2.24, 2.45) is 5.73 Å². The molecule has 22 aliphatic rings. The Morgan fingerprint density at radius 3 is 0.660 bits per heavy atom. The van der Waals surface area contributed by atoms with E-state index >= 15 is 0 Å². The molecule has 0 radical (unpaired) electrons. The molecule has 94 heavy (non-hydrogen) atoms. The smallest absolute Gasteiger partial charge is 0.288 e. The summed E-state index contributed by atoms with van der Waals surface area (Å²) >= 11 is 0. The van der Waals surface area contributed by atoms with E-state index in [1.165, 1.54) is 0 Å². The van der Waals surface area contributed by atoms with Gasteiger partial charge in [0.15, 0.2) is 50.3 Å². The molecule has 23 rings (SSSR count). The van der Waals surface area contributed by atoms with Crippen molar-refractivity contribution < 1.29 is 198 Å². The number of primary amides is 1. The van der Waals surface area contributed by atoms with E-state index in [1.807, 2.05) is 0 Å². The number of carbonyl (C=O) groups excluding carboxylic acids is 1. The van der Waals surface area contributed by atoms with Crippen molar-refractivity contribution in [1.29, 1.82) is 0 Å². The summed E-state index contributed by atoms with van der Waals surface area (Å²) in [5, 5.41) is 262. The molecule has 0 saturated carbocycles. The predicted molar refractivity (Wildman–Crippen MR) is 280 cm³/mol. The summed E-state index contributed by atoms with van der Waals surface area (Å²) in [4.78, 5) is 14.4. The number of nitrogens with two attached hydrogens (primary N) is 1. The van der Waals surface area contributed by atoms with Crippen LogP contribution >= 0.6 is 0 Å². The lowest BCUT2D eigenvalue weighted by Gasteiger charge is -2.50. The summed E-state index contributed by atoms with van der Waals surface area (Å²) in [6.45, 7) is -7.77. The zero-order chi connectivity index (χ0) is 68.6. The van der Waals surface area contributed by atoms with Crippen molar-refractivity contribution in [2.75, 3.05) is 52.9 Å². The van der Waals surface area contributed by atoms with Crippen LogP contribution in [0.25, 0.3) is 0 Å². The first-order chi connectivity index (χ1) is 44.7. The minimum atomic E-state index is -2.21. The van der Waals surface area contributed by atoms with Gasteiger partial charge in [-0.05, 0) is 0 Å². The van der Waals surface area contributed by atoms with E-state index in [4.69, 9.17) is 81.9 Å². The summed E-state index contributed by atoms with van der Waals surface area (Å²) in [6, 6.07) is 0. The lowest BCUT2D eigenvalue weighted by molar-refractivity contribution is -0.396. The molecule has 22 saturated heterocycles. The molecule has 44 nitrogen and oxygen atoms in total. The van der Waals surface area contributed by atoms with Crippen LogP contribution in [0.3, 0.4) is 0 Å². The van der Waals surface area contributed by atoms with E-state index in [0.717, 1.165) is 11.0 Å². The van der Waals surface area contributed by atoms with E-state index in [0.29, 0.717) is 0 Å². The standard InChI is InChI=1S/C42H70O35.C8H12N4O5/c43-1-8-29-15(50)22(57)36(64-8)72-30-9(2-44)66-38(24(59)17(30)52)74-32-11(4-46)68-40(26(61)19(32)54)76-34-13(6-48)70-42(28(63)21(34)56)77-35-14(7-49)69-41(27(62)20(35)55)75-33-12(5-47)67-39(25(60)18(33)53)73-31-10(3-45)65-37(71-29)23(58)16(31)51;9-6(16)7-10-2-12(11-7)8-5(15)4(14)3(1-13)17-8/h8-63H,1-7H2;2-5,8,13-15H,1H2,(H2,9,16)/t8-,9-,10-,11-,12-,13-,14-,15-,16-,17-,18-,19-,20+,21+,22-,23-,24-,25-,26-,27+,28+,29-,30-,31-,32-,33-,34-,35-,36-,37-,38-,39-,40-,41-,42-;3-,4-,5-,8-/m11/s1. The topological polar surface area (TPSA) is 698 Å². The van der Waals surface area contributed by atoms with Crippen LogP contribution in [0.15, 0.2) is 6.33 Å². The third-order valence-electron chi connectivity index (χ3n) is 17.3. The van der Waals surface area contributed by atoms with Crippen LogP contribution < -0.4 is 5.73 Å². The first-order valence-corrected chi connectivity index (χ1v) is 29.5. The Balaban J connectivity index is 0.000000528. The van der Waals surface area contributed by atoms with Crippen molar-refractivity contribution in [3.8, 4) is 0 Å². The largest absolute Gasteiger partial charge is 0.394 e. The lowest BCUT2D eigenvalue weighted by atomic mass is 9.95.